The topological polar surface area (TPSA) is 112 Å². The maximum atomic E-state index is 13.8. The lowest BCUT2D eigenvalue weighted by atomic mass is 9.97. The lowest BCUT2D eigenvalue weighted by molar-refractivity contribution is -0.132. The van der Waals surface area contributed by atoms with E-state index in [2.05, 4.69) is 10.5 Å². The molecule has 206 valence electrons. The number of carbonyl (C=O) groups is 2. The first-order chi connectivity index (χ1) is 19.3. The van der Waals surface area contributed by atoms with Crippen LogP contribution >= 0.6 is 23.1 Å². The maximum absolute atomic E-state index is 13.8. The van der Waals surface area contributed by atoms with E-state index < -0.39 is 5.97 Å². The summed E-state index contributed by atoms with van der Waals surface area (Å²) in [5.41, 5.74) is 5.99. The van der Waals surface area contributed by atoms with Crippen LogP contribution in [0.1, 0.15) is 41.3 Å². The van der Waals surface area contributed by atoms with Crippen LogP contribution in [0.3, 0.4) is 0 Å². The minimum atomic E-state index is -0.454. The molecular formula is C29H28N4O5S2. The van der Waals surface area contributed by atoms with E-state index in [-0.39, 0.29) is 17.2 Å². The van der Waals surface area contributed by atoms with Crippen molar-refractivity contribution in [3.8, 4) is 17.2 Å². The van der Waals surface area contributed by atoms with E-state index in [1.54, 1.807) is 34.1 Å². The molecule has 40 heavy (non-hydrogen) atoms. The molecule has 0 unspecified atom stereocenters. The lowest BCUT2D eigenvalue weighted by Crippen LogP contribution is -2.24. The molecule has 2 aromatic carbocycles. The Morgan fingerprint density at radius 2 is 1.93 bits per heavy atom. The number of nitrogens with one attached hydrogen (secondary N) is 1. The standard InChI is InChI=1S/C29H28N4O5S2/c1-17-8-11-20(12-9-17)33-28(36)26-21-6-4-5-7-24(21)40-27(26)31-29(33)39-16-25(35)32-30-15-19-10-13-22(38-18(2)34)23(14-19)37-3/h8-15H,4-7,16H2,1-3H3,(H,32,35)/b30-15+. The van der Waals surface area contributed by atoms with Crippen molar-refractivity contribution in [2.24, 2.45) is 5.10 Å². The van der Waals surface area contributed by atoms with Crippen LogP contribution in [-0.2, 0) is 22.4 Å². The third-order valence-corrected chi connectivity index (χ3v) is 8.55. The predicted octanol–water partition coefficient (Wildman–Crippen LogP) is 4.81. The Bertz CT molecular complexity index is 1670. The summed E-state index contributed by atoms with van der Waals surface area (Å²) in [6.45, 7) is 3.30. The van der Waals surface area contributed by atoms with Crippen LogP contribution in [-0.4, -0.2) is 40.5 Å². The quantitative estimate of drug-likeness (QED) is 0.0800. The number of thiophene rings is 1. The molecule has 11 heteroatoms. The van der Waals surface area contributed by atoms with Crippen molar-refractivity contribution in [1.82, 2.24) is 15.0 Å². The van der Waals surface area contributed by atoms with Gasteiger partial charge < -0.3 is 9.47 Å². The van der Waals surface area contributed by atoms with Crippen LogP contribution in [0.5, 0.6) is 11.5 Å². The zero-order chi connectivity index (χ0) is 28.2. The second kappa shape index (κ2) is 12.1. The number of hydrogen-bond acceptors (Lipinski definition) is 9. The van der Waals surface area contributed by atoms with Crippen LogP contribution in [0, 0.1) is 6.92 Å². The van der Waals surface area contributed by atoms with Gasteiger partial charge in [-0.05, 0) is 74.1 Å². The molecule has 9 nitrogen and oxygen atoms in total. The van der Waals surface area contributed by atoms with E-state index >= 15 is 0 Å². The minimum absolute atomic E-state index is 0.0148. The normalized spacial score (nSPS) is 12.9. The number of carbonyl (C=O) groups excluding carboxylic acids is 2. The molecule has 2 aromatic heterocycles. The molecular weight excluding hydrogens is 548 g/mol. The summed E-state index contributed by atoms with van der Waals surface area (Å²) in [4.78, 5) is 44.6. The highest BCUT2D eigenvalue weighted by Crippen LogP contribution is 2.35. The summed E-state index contributed by atoms with van der Waals surface area (Å²) in [6, 6.07) is 12.6. The number of hydrazone groups is 1. The molecule has 0 saturated carbocycles. The van der Waals surface area contributed by atoms with Gasteiger partial charge >= 0.3 is 5.97 Å². The molecule has 2 heterocycles. The van der Waals surface area contributed by atoms with Gasteiger partial charge in [0.05, 0.1) is 30.2 Å². The number of methoxy groups -OCH3 is 1. The second-order valence-corrected chi connectivity index (χ2v) is 11.4. The van der Waals surface area contributed by atoms with Crippen molar-refractivity contribution in [2.75, 3.05) is 12.9 Å². The Morgan fingerprint density at radius 3 is 2.67 bits per heavy atom. The third kappa shape index (κ3) is 5.95. The van der Waals surface area contributed by atoms with Gasteiger partial charge in [-0.2, -0.15) is 5.10 Å². The van der Waals surface area contributed by atoms with Gasteiger partial charge in [0.25, 0.3) is 11.5 Å². The van der Waals surface area contributed by atoms with E-state index in [4.69, 9.17) is 14.5 Å². The molecule has 0 radical (unpaired) electrons. The molecule has 1 N–H and O–H groups in total. The first-order valence-corrected chi connectivity index (χ1v) is 14.6. The third-order valence-electron chi connectivity index (χ3n) is 6.43. The molecule has 1 aliphatic rings. The number of esters is 1. The fourth-order valence-corrected chi connectivity index (χ4v) is 6.66. The predicted molar refractivity (Wildman–Crippen MR) is 157 cm³/mol. The van der Waals surface area contributed by atoms with Crippen LogP contribution in [0.4, 0.5) is 0 Å². The number of rotatable bonds is 8. The van der Waals surface area contributed by atoms with E-state index in [1.165, 1.54) is 36.9 Å². The Labute approximate surface area is 239 Å². The monoisotopic (exact) mass is 576 g/mol. The van der Waals surface area contributed by atoms with Gasteiger partial charge in [-0.3, -0.25) is 19.0 Å². The summed E-state index contributed by atoms with van der Waals surface area (Å²) in [7, 11) is 1.47. The van der Waals surface area contributed by atoms with Crippen LogP contribution in [0.25, 0.3) is 15.9 Å². The zero-order valence-electron chi connectivity index (χ0n) is 22.4. The summed E-state index contributed by atoms with van der Waals surface area (Å²) < 4.78 is 12.0. The number of amides is 1. The Hall–Kier alpha value is -3.96. The molecule has 4 aromatic rings. The Morgan fingerprint density at radius 1 is 1.15 bits per heavy atom. The summed E-state index contributed by atoms with van der Waals surface area (Å²) in [5.74, 6) is -0.124. The number of fused-ring (bicyclic) bond motifs is 3. The minimum Gasteiger partial charge on any atom is -0.493 e. The molecule has 0 fully saturated rings. The molecule has 1 amide bonds. The average molecular weight is 577 g/mol. The zero-order valence-corrected chi connectivity index (χ0v) is 24.0. The fourth-order valence-electron chi connectivity index (χ4n) is 4.55. The first-order valence-electron chi connectivity index (χ1n) is 12.8. The maximum Gasteiger partial charge on any atom is 0.308 e. The highest BCUT2D eigenvalue weighted by atomic mass is 32.2. The molecule has 0 spiro atoms. The van der Waals surface area contributed by atoms with Gasteiger partial charge in [0.1, 0.15) is 4.83 Å². The lowest BCUT2D eigenvalue weighted by Gasteiger charge is -2.13. The number of nitrogens with zero attached hydrogens (tertiary/aromatic N) is 3. The summed E-state index contributed by atoms with van der Waals surface area (Å²) in [5, 5.41) is 5.20. The SMILES string of the molecule is COc1cc(/C=N/NC(=O)CSc2nc3sc4c(c3c(=O)n2-c2ccc(C)cc2)CCCC4)ccc1OC(C)=O. The molecule has 0 atom stereocenters. The average Bonchev–Trinajstić information content (AvgIpc) is 3.32. The van der Waals surface area contributed by atoms with Crippen LogP contribution in [0.2, 0.25) is 0 Å². The smallest absolute Gasteiger partial charge is 0.308 e. The van der Waals surface area contributed by atoms with Crippen molar-refractivity contribution in [2.45, 2.75) is 44.7 Å². The number of ether oxygens (including phenoxy) is 2. The molecule has 0 bridgehead atoms. The Balaban J connectivity index is 1.35. The van der Waals surface area contributed by atoms with Gasteiger partial charge in [0.15, 0.2) is 16.7 Å². The van der Waals surface area contributed by atoms with Crippen molar-refractivity contribution >= 4 is 51.4 Å². The van der Waals surface area contributed by atoms with Gasteiger partial charge in [-0.15, -0.1) is 11.3 Å². The van der Waals surface area contributed by atoms with Gasteiger partial charge in [0.2, 0.25) is 0 Å². The number of hydrogen-bond donors (Lipinski definition) is 1. The second-order valence-electron chi connectivity index (χ2n) is 9.35. The number of benzene rings is 2. The highest BCUT2D eigenvalue weighted by molar-refractivity contribution is 7.99. The summed E-state index contributed by atoms with van der Waals surface area (Å²) >= 11 is 2.78. The van der Waals surface area contributed by atoms with E-state index in [9.17, 15) is 14.4 Å². The largest absolute Gasteiger partial charge is 0.493 e. The van der Waals surface area contributed by atoms with Crippen LogP contribution in [0.15, 0.2) is 57.5 Å². The highest BCUT2D eigenvalue weighted by Gasteiger charge is 2.23. The molecule has 5 rings (SSSR count). The first kappa shape index (κ1) is 27.6. The van der Waals surface area contributed by atoms with E-state index in [0.29, 0.717) is 33.3 Å². The van der Waals surface area contributed by atoms with Crippen LogP contribution < -0.4 is 20.5 Å². The summed E-state index contributed by atoms with van der Waals surface area (Å²) in [6.07, 6.45) is 5.53. The van der Waals surface area contributed by atoms with Gasteiger partial charge in [-0.1, -0.05) is 29.5 Å². The molecule has 1 aliphatic carbocycles. The van der Waals surface area contributed by atoms with Crippen molar-refractivity contribution in [3.63, 3.8) is 0 Å². The van der Waals surface area contributed by atoms with E-state index in [1.807, 2.05) is 31.2 Å². The molecule has 0 saturated heterocycles. The fraction of sp³-hybridized carbons (Fsp3) is 0.276. The number of thioether (sulfide) groups is 1. The Kier molecular flexibility index (Phi) is 8.32. The molecule has 0 aliphatic heterocycles. The van der Waals surface area contributed by atoms with Crippen molar-refractivity contribution in [1.29, 1.82) is 0 Å². The number of aromatic nitrogens is 2. The van der Waals surface area contributed by atoms with Gasteiger partial charge in [-0.25, -0.2) is 10.4 Å². The van der Waals surface area contributed by atoms with Gasteiger partial charge in [0, 0.05) is 11.8 Å². The number of aryl methyl sites for hydroxylation is 3. The van der Waals surface area contributed by atoms with Crippen molar-refractivity contribution in [3.05, 3.63) is 74.4 Å². The van der Waals surface area contributed by atoms with E-state index in [0.717, 1.165) is 41.6 Å². The van der Waals surface area contributed by atoms with Crippen molar-refractivity contribution < 1.29 is 19.1 Å².